The lowest BCUT2D eigenvalue weighted by Crippen LogP contribution is -2.17. The SMILES string of the molecule is C=C(C(=O)OCC)C(/C(=C/C1CCCCC1)c1ccccc1)c1ccc(C(F)(F)F)cc1. The van der Waals surface area contributed by atoms with Crippen molar-refractivity contribution in [2.24, 2.45) is 5.92 Å². The van der Waals surface area contributed by atoms with Crippen LogP contribution < -0.4 is 0 Å². The van der Waals surface area contributed by atoms with Gasteiger partial charge in [0.15, 0.2) is 0 Å². The topological polar surface area (TPSA) is 26.3 Å². The second kappa shape index (κ2) is 10.7. The molecule has 1 aliphatic carbocycles. The summed E-state index contributed by atoms with van der Waals surface area (Å²) in [4.78, 5) is 12.7. The number of hydrogen-bond donors (Lipinski definition) is 0. The number of hydrogen-bond acceptors (Lipinski definition) is 2. The van der Waals surface area contributed by atoms with E-state index in [0.717, 1.165) is 49.0 Å². The zero-order chi connectivity index (χ0) is 23.1. The number of rotatable bonds is 7. The molecule has 2 aromatic carbocycles. The van der Waals surface area contributed by atoms with Crippen LogP contribution in [0, 0.1) is 5.92 Å². The van der Waals surface area contributed by atoms with E-state index in [9.17, 15) is 18.0 Å². The number of ether oxygens (including phenoxy) is 1. The Morgan fingerprint density at radius 2 is 1.69 bits per heavy atom. The second-order valence-corrected chi connectivity index (χ2v) is 8.18. The molecule has 0 aliphatic heterocycles. The number of alkyl halides is 3. The smallest absolute Gasteiger partial charge is 0.416 e. The molecule has 1 fully saturated rings. The quantitative estimate of drug-likeness (QED) is 0.326. The summed E-state index contributed by atoms with van der Waals surface area (Å²) in [5, 5.41) is 0. The first-order chi connectivity index (χ1) is 15.3. The Hall–Kier alpha value is -2.82. The Morgan fingerprint density at radius 1 is 1.06 bits per heavy atom. The van der Waals surface area contributed by atoms with Gasteiger partial charge in [0, 0.05) is 11.5 Å². The third-order valence-electron chi connectivity index (χ3n) is 5.94. The first-order valence-electron chi connectivity index (χ1n) is 11.1. The summed E-state index contributed by atoms with van der Waals surface area (Å²) in [7, 11) is 0. The predicted molar refractivity (Wildman–Crippen MR) is 121 cm³/mol. The molecule has 0 heterocycles. The second-order valence-electron chi connectivity index (χ2n) is 8.18. The molecule has 170 valence electrons. The van der Waals surface area contributed by atoms with Crippen molar-refractivity contribution in [3.05, 3.63) is 89.5 Å². The number of benzene rings is 2. The highest BCUT2D eigenvalue weighted by Crippen LogP contribution is 2.41. The Balaban J connectivity index is 2.12. The van der Waals surface area contributed by atoms with Crippen LogP contribution in [0.15, 0.2) is 72.8 Å². The van der Waals surface area contributed by atoms with Crippen molar-refractivity contribution in [2.75, 3.05) is 6.61 Å². The van der Waals surface area contributed by atoms with E-state index in [4.69, 9.17) is 4.74 Å². The maximum absolute atomic E-state index is 13.1. The van der Waals surface area contributed by atoms with E-state index in [1.54, 1.807) is 6.92 Å². The lowest BCUT2D eigenvalue weighted by atomic mass is 9.78. The van der Waals surface area contributed by atoms with Gasteiger partial charge in [0.05, 0.1) is 12.2 Å². The molecule has 0 bridgehead atoms. The zero-order valence-corrected chi connectivity index (χ0v) is 18.3. The largest absolute Gasteiger partial charge is 0.463 e. The van der Waals surface area contributed by atoms with Gasteiger partial charge in [-0.1, -0.05) is 74.4 Å². The lowest BCUT2D eigenvalue weighted by molar-refractivity contribution is -0.139. The van der Waals surface area contributed by atoms with Gasteiger partial charge in [0.2, 0.25) is 0 Å². The maximum atomic E-state index is 13.1. The fourth-order valence-corrected chi connectivity index (χ4v) is 4.32. The van der Waals surface area contributed by atoms with Crippen LogP contribution in [0.5, 0.6) is 0 Å². The van der Waals surface area contributed by atoms with Crippen LogP contribution in [0.4, 0.5) is 13.2 Å². The molecule has 1 atom stereocenters. The number of carbonyl (C=O) groups excluding carboxylic acids is 1. The van der Waals surface area contributed by atoms with Gasteiger partial charge in [0.1, 0.15) is 0 Å². The molecule has 0 amide bonds. The summed E-state index contributed by atoms with van der Waals surface area (Å²) >= 11 is 0. The van der Waals surface area contributed by atoms with Crippen LogP contribution in [0.25, 0.3) is 5.57 Å². The van der Waals surface area contributed by atoms with Gasteiger partial charge in [0.25, 0.3) is 0 Å². The van der Waals surface area contributed by atoms with Gasteiger partial charge >= 0.3 is 12.1 Å². The van der Waals surface area contributed by atoms with Crippen molar-refractivity contribution < 1.29 is 22.7 Å². The van der Waals surface area contributed by atoms with Crippen molar-refractivity contribution in [1.82, 2.24) is 0 Å². The van der Waals surface area contributed by atoms with E-state index >= 15 is 0 Å². The summed E-state index contributed by atoms with van der Waals surface area (Å²) in [5.74, 6) is -0.783. The molecule has 3 rings (SSSR count). The van der Waals surface area contributed by atoms with Crippen LogP contribution in [0.3, 0.4) is 0 Å². The van der Waals surface area contributed by atoms with E-state index in [1.807, 2.05) is 30.3 Å². The normalized spacial score (nSPS) is 16.4. The van der Waals surface area contributed by atoms with Gasteiger partial charge in [-0.25, -0.2) is 4.79 Å². The van der Waals surface area contributed by atoms with Crippen LogP contribution in [0.1, 0.15) is 61.6 Å². The summed E-state index contributed by atoms with van der Waals surface area (Å²) in [6.45, 7) is 5.94. The average Bonchev–Trinajstić information content (AvgIpc) is 2.79. The van der Waals surface area contributed by atoms with Crippen LogP contribution >= 0.6 is 0 Å². The fourth-order valence-electron chi connectivity index (χ4n) is 4.32. The number of allylic oxidation sites excluding steroid dienone is 2. The summed E-state index contributed by atoms with van der Waals surface area (Å²) in [5.41, 5.74) is 1.89. The molecule has 0 radical (unpaired) electrons. The first kappa shape index (κ1) is 23.8. The van der Waals surface area contributed by atoms with E-state index in [-0.39, 0.29) is 12.2 Å². The van der Waals surface area contributed by atoms with E-state index in [1.165, 1.54) is 18.6 Å². The minimum atomic E-state index is -4.42. The van der Waals surface area contributed by atoms with Crippen molar-refractivity contribution in [1.29, 1.82) is 0 Å². The standard InChI is InChI=1S/C27H29F3O2/c1-3-32-26(31)19(2)25(22-14-16-23(17-15-22)27(28,29)30)24(21-12-8-5-9-13-21)18-20-10-6-4-7-11-20/h5,8-9,12-18,20,25H,2-4,6-7,10-11H2,1H3/b24-18+. The Labute approximate surface area is 187 Å². The Kier molecular flexibility index (Phi) is 7.94. The van der Waals surface area contributed by atoms with Crippen LogP contribution in [-0.4, -0.2) is 12.6 Å². The average molecular weight is 443 g/mol. The third-order valence-corrected chi connectivity index (χ3v) is 5.94. The minimum Gasteiger partial charge on any atom is -0.463 e. The van der Waals surface area contributed by atoms with Crippen molar-refractivity contribution in [3.8, 4) is 0 Å². The van der Waals surface area contributed by atoms with Gasteiger partial charge in [-0.15, -0.1) is 0 Å². The first-order valence-corrected chi connectivity index (χ1v) is 11.1. The summed E-state index contributed by atoms with van der Waals surface area (Å²) < 4.78 is 44.6. The third kappa shape index (κ3) is 5.90. The zero-order valence-electron chi connectivity index (χ0n) is 18.3. The highest BCUT2D eigenvalue weighted by molar-refractivity contribution is 5.94. The van der Waals surface area contributed by atoms with Crippen molar-refractivity contribution >= 4 is 11.5 Å². The lowest BCUT2D eigenvalue weighted by Gasteiger charge is -2.26. The van der Waals surface area contributed by atoms with Crippen LogP contribution in [0.2, 0.25) is 0 Å². The van der Waals surface area contributed by atoms with Crippen molar-refractivity contribution in [2.45, 2.75) is 51.1 Å². The maximum Gasteiger partial charge on any atom is 0.416 e. The molecular formula is C27H29F3O2. The molecule has 5 heteroatoms. The van der Waals surface area contributed by atoms with E-state index in [0.29, 0.717) is 11.5 Å². The highest BCUT2D eigenvalue weighted by Gasteiger charge is 2.32. The molecule has 1 aliphatic rings. The van der Waals surface area contributed by atoms with Gasteiger partial charge < -0.3 is 4.74 Å². The van der Waals surface area contributed by atoms with Gasteiger partial charge in [-0.3, -0.25) is 0 Å². The molecule has 1 unspecified atom stereocenters. The monoisotopic (exact) mass is 442 g/mol. The molecule has 1 saturated carbocycles. The Bertz CT molecular complexity index is 937. The molecule has 0 spiro atoms. The van der Waals surface area contributed by atoms with E-state index in [2.05, 4.69) is 12.7 Å². The number of esters is 1. The van der Waals surface area contributed by atoms with Gasteiger partial charge in [-0.05, 0) is 54.5 Å². The summed E-state index contributed by atoms with van der Waals surface area (Å²) in [6, 6.07) is 14.7. The fraction of sp³-hybridized carbons (Fsp3) is 0.370. The van der Waals surface area contributed by atoms with Gasteiger partial charge in [-0.2, -0.15) is 13.2 Å². The molecule has 0 aromatic heterocycles. The molecule has 32 heavy (non-hydrogen) atoms. The molecular weight excluding hydrogens is 413 g/mol. The summed E-state index contributed by atoms with van der Waals surface area (Å²) in [6.07, 6.45) is 3.39. The van der Waals surface area contributed by atoms with Crippen LogP contribution in [-0.2, 0) is 15.7 Å². The minimum absolute atomic E-state index is 0.199. The molecule has 2 nitrogen and oxygen atoms in total. The number of halogens is 3. The highest BCUT2D eigenvalue weighted by atomic mass is 19.4. The molecule has 0 N–H and O–H groups in total. The number of carbonyl (C=O) groups is 1. The predicted octanol–water partition coefficient (Wildman–Crippen LogP) is 7.57. The molecule has 0 saturated heterocycles. The molecule has 2 aromatic rings. The van der Waals surface area contributed by atoms with E-state index < -0.39 is 23.6 Å². The Morgan fingerprint density at radius 3 is 2.25 bits per heavy atom. The van der Waals surface area contributed by atoms with Crippen molar-refractivity contribution in [3.63, 3.8) is 0 Å².